The van der Waals surface area contributed by atoms with E-state index in [4.69, 9.17) is 5.73 Å². The first kappa shape index (κ1) is 15.8. The van der Waals surface area contributed by atoms with E-state index in [9.17, 15) is 4.79 Å². The number of piperazine rings is 1. The number of nitrogens with two attached hydrogens (primary N) is 1. The number of hydrogen-bond acceptors (Lipinski definition) is 6. The molecule has 1 aromatic carbocycles. The van der Waals surface area contributed by atoms with Crippen LogP contribution in [0, 0.1) is 6.92 Å². The molecule has 6 nitrogen and oxygen atoms in total. The van der Waals surface area contributed by atoms with Crippen LogP contribution >= 0.6 is 11.3 Å². The molecule has 2 N–H and O–H groups in total. The third kappa shape index (κ3) is 3.15. The number of nitrogens with zero attached hydrogens (tertiary/aromatic N) is 4. The summed E-state index contributed by atoms with van der Waals surface area (Å²) in [6.07, 6.45) is 0. The van der Waals surface area contributed by atoms with Gasteiger partial charge in [0.1, 0.15) is 5.82 Å². The number of carbonyl (C=O) groups excluding carboxylic acids is 1. The number of aromatic nitrogens is 2. The highest BCUT2D eigenvalue weighted by Gasteiger charge is 2.23. The number of thiazole rings is 1. The fraction of sp³-hybridized carbons (Fsp3) is 0.278. The van der Waals surface area contributed by atoms with Crippen LogP contribution in [0.3, 0.4) is 0 Å². The summed E-state index contributed by atoms with van der Waals surface area (Å²) in [6.45, 7) is 4.93. The summed E-state index contributed by atoms with van der Waals surface area (Å²) in [7, 11) is 0. The molecule has 1 aliphatic heterocycles. The minimum Gasteiger partial charge on any atom is -0.375 e. The molecule has 0 aliphatic carbocycles. The number of carbonyl (C=O) groups is 1. The molecule has 1 aliphatic rings. The molecule has 1 amide bonds. The second-order valence-electron chi connectivity index (χ2n) is 6.15. The third-order valence-electron chi connectivity index (χ3n) is 4.42. The molecule has 128 valence electrons. The Bertz CT molecular complexity index is 930. The van der Waals surface area contributed by atoms with Gasteiger partial charge in [0.15, 0.2) is 5.13 Å². The van der Waals surface area contributed by atoms with Crippen LogP contribution in [-0.2, 0) is 0 Å². The Labute approximate surface area is 149 Å². The van der Waals surface area contributed by atoms with Crippen molar-refractivity contribution in [2.24, 2.45) is 0 Å². The van der Waals surface area contributed by atoms with Crippen molar-refractivity contribution < 1.29 is 4.79 Å². The lowest BCUT2D eigenvalue weighted by Crippen LogP contribution is -2.49. The van der Waals surface area contributed by atoms with Gasteiger partial charge in [-0.1, -0.05) is 17.4 Å². The Morgan fingerprint density at radius 2 is 1.92 bits per heavy atom. The molecule has 7 heteroatoms. The number of benzene rings is 1. The maximum absolute atomic E-state index is 12.8. The van der Waals surface area contributed by atoms with Gasteiger partial charge in [0.25, 0.3) is 5.91 Å². The highest BCUT2D eigenvalue weighted by molar-refractivity contribution is 7.22. The van der Waals surface area contributed by atoms with Crippen molar-refractivity contribution in [3.8, 4) is 0 Å². The zero-order valence-corrected chi connectivity index (χ0v) is 14.8. The van der Waals surface area contributed by atoms with E-state index in [1.54, 1.807) is 0 Å². The SMILES string of the molecule is Cc1cccc(N2CCN(C(=O)c3ccc4sc(N)nc4c3)CC2)n1. The predicted octanol–water partition coefficient (Wildman–Crippen LogP) is 2.54. The van der Waals surface area contributed by atoms with Gasteiger partial charge in [0.2, 0.25) is 0 Å². The number of aryl methyl sites for hydroxylation is 1. The molecule has 4 rings (SSSR count). The summed E-state index contributed by atoms with van der Waals surface area (Å²) < 4.78 is 1.00. The van der Waals surface area contributed by atoms with Crippen LogP contribution in [-0.4, -0.2) is 47.0 Å². The zero-order chi connectivity index (χ0) is 17.4. The highest BCUT2D eigenvalue weighted by Crippen LogP contribution is 2.25. The van der Waals surface area contributed by atoms with Gasteiger partial charge >= 0.3 is 0 Å². The topological polar surface area (TPSA) is 75.3 Å². The van der Waals surface area contributed by atoms with Crippen molar-refractivity contribution in [1.82, 2.24) is 14.9 Å². The third-order valence-corrected chi connectivity index (χ3v) is 5.28. The molecule has 3 heterocycles. The molecule has 3 aromatic rings. The van der Waals surface area contributed by atoms with E-state index in [1.807, 2.05) is 48.2 Å². The van der Waals surface area contributed by atoms with E-state index in [1.165, 1.54) is 11.3 Å². The second kappa shape index (κ2) is 6.33. The van der Waals surface area contributed by atoms with Crippen molar-refractivity contribution in [2.75, 3.05) is 36.8 Å². The van der Waals surface area contributed by atoms with Crippen molar-refractivity contribution in [1.29, 1.82) is 0 Å². The second-order valence-corrected chi connectivity index (χ2v) is 7.21. The smallest absolute Gasteiger partial charge is 0.254 e. The molecule has 25 heavy (non-hydrogen) atoms. The van der Waals surface area contributed by atoms with Crippen LogP contribution < -0.4 is 10.6 Å². The molecule has 0 unspecified atom stereocenters. The first-order valence-corrected chi connectivity index (χ1v) is 9.06. The van der Waals surface area contributed by atoms with Crippen molar-refractivity contribution in [3.05, 3.63) is 47.7 Å². The number of anilines is 2. The molecular formula is C18H19N5OS. The van der Waals surface area contributed by atoms with Gasteiger partial charge in [-0.05, 0) is 37.3 Å². The molecule has 2 aromatic heterocycles. The van der Waals surface area contributed by atoms with Gasteiger partial charge in [-0.2, -0.15) is 0 Å². The Kier molecular flexibility index (Phi) is 4.01. The summed E-state index contributed by atoms with van der Waals surface area (Å²) in [5.41, 5.74) is 8.20. The average molecular weight is 353 g/mol. The van der Waals surface area contributed by atoms with Gasteiger partial charge in [-0.3, -0.25) is 4.79 Å². The molecule has 0 atom stereocenters. The van der Waals surface area contributed by atoms with E-state index in [-0.39, 0.29) is 5.91 Å². The van der Waals surface area contributed by atoms with Gasteiger partial charge in [0, 0.05) is 37.4 Å². The van der Waals surface area contributed by atoms with Crippen molar-refractivity contribution >= 4 is 38.4 Å². The van der Waals surface area contributed by atoms with E-state index >= 15 is 0 Å². The highest BCUT2D eigenvalue weighted by atomic mass is 32.1. The van der Waals surface area contributed by atoms with Crippen LogP contribution in [0.25, 0.3) is 10.2 Å². The number of amides is 1. The molecule has 1 fully saturated rings. The van der Waals surface area contributed by atoms with E-state index in [2.05, 4.69) is 14.9 Å². The molecule has 0 spiro atoms. The summed E-state index contributed by atoms with van der Waals surface area (Å²) >= 11 is 1.44. The summed E-state index contributed by atoms with van der Waals surface area (Å²) in [5, 5.41) is 0.527. The van der Waals surface area contributed by atoms with Gasteiger partial charge in [-0.15, -0.1) is 0 Å². The number of nitrogen functional groups attached to an aromatic ring is 1. The van der Waals surface area contributed by atoms with Crippen LogP contribution in [0.2, 0.25) is 0 Å². The van der Waals surface area contributed by atoms with E-state index in [0.717, 1.165) is 34.8 Å². The fourth-order valence-electron chi connectivity index (χ4n) is 3.10. The number of pyridine rings is 1. The maximum Gasteiger partial charge on any atom is 0.254 e. The lowest BCUT2D eigenvalue weighted by molar-refractivity contribution is 0.0746. The summed E-state index contributed by atoms with van der Waals surface area (Å²) in [4.78, 5) is 25.7. The summed E-state index contributed by atoms with van der Waals surface area (Å²) in [5.74, 6) is 1.02. The normalized spacial score (nSPS) is 14.9. The van der Waals surface area contributed by atoms with Crippen LogP contribution in [0.1, 0.15) is 16.1 Å². The van der Waals surface area contributed by atoms with Crippen LogP contribution in [0.4, 0.5) is 10.9 Å². The molecule has 0 radical (unpaired) electrons. The van der Waals surface area contributed by atoms with Crippen LogP contribution in [0.15, 0.2) is 36.4 Å². The van der Waals surface area contributed by atoms with Gasteiger partial charge < -0.3 is 15.5 Å². The fourth-order valence-corrected chi connectivity index (χ4v) is 3.82. The monoisotopic (exact) mass is 353 g/mol. The number of fused-ring (bicyclic) bond motifs is 1. The Balaban J connectivity index is 1.46. The maximum atomic E-state index is 12.8. The van der Waals surface area contributed by atoms with Gasteiger partial charge in [0.05, 0.1) is 10.2 Å². The molecular weight excluding hydrogens is 334 g/mol. The zero-order valence-electron chi connectivity index (χ0n) is 14.0. The van der Waals surface area contributed by atoms with Crippen LogP contribution in [0.5, 0.6) is 0 Å². The minimum absolute atomic E-state index is 0.0466. The standard InChI is InChI=1S/C18H19N5OS/c1-12-3-2-4-16(20-12)22-7-9-23(10-8-22)17(24)13-5-6-15-14(11-13)21-18(19)25-15/h2-6,11H,7-10H2,1H3,(H2,19,21). The van der Waals surface area contributed by atoms with E-state index < -0.39 is 0 Å². The first-order valence-electron chi connectivity index (χ1n) is 8.24. The molecule has 0 bridgehead atoms. The van der Waals surface area contributed by atoms with Gasteiger partial charge in [-0.25, -0.2) is 9.97 Å². The van der Waals surface area contributed by atoms with Crippen molar-refractivity contribution in [3.63, 3.8) is 0 Å². The molecule has 0 saturated carbocycles. The minimum atomic E-state index is 0.0466. The molecule has 1 saturated heterocycles. The average Bonchev–Trinajstić information content (AvgIpc) is 3.00. The first-order chi connectivity index (χ1) is 12.1. The summed E-state index contributed by atoms with van der Waals surface area (Å²) in [6, 6.07) is 11.6. The van der Waals surface area contributed by atoms with E-state index in [0.29, 0.717) is 23.8 Å². The Morgan fingerprint density at radius 1 is 1.12 bits per heavy atom. The Morgan fingerprint density at radius 3 is 2.68 bits per heavy atom. The predicted molar refractivity (Wildman–Crippen MR) is 101 cm³/mol. The lowest BCUT2D eigenvalue weighted by Gasteiger charge is -2.35. The lowest BCUT2D eigenvalue weighted by atomic mass is 10.1. The quantitative estimate of drug-likeness (QED) is 0.766. The number of rotatable bonds is 2. The largest absolute Gasteiger partial charge is 0.375 e. The Hall–Kier alpha value is -2.67. The van der Waals surface area contributed by atoms with Crippen molar-refractivity contribution in [2.45, 2.75) is 6.92 Å². The number of hydrogen-bond donors (Lipinski definition) is 1.